The number of likely N-dealkylation sites (tertiary alicyclic amines) is 1. The maximum atomic E-state index is 11.2. The molecule has 1 fully saturated rings. The lowest BCUT2D eigenvalue weighted by Gasteiger charge is -2.30. The number of piperidine rings is 1. The average Bonchev–Trinajstić information content (AvgIpc) is 2.34. The van der Waals surface area contributed by atoms with Gasteiger partial charge in [0.1, 0.15) is 5.78 Å². The highest BCUT2D eigenvalue weighted by atomic mass is 16.5. The van der Waals surface area contributed by atoms with Crippen LogP contribution in [0.3, 0.4) is 0 Å². The van der Waals surface area contributed by atoms with Crippen molar-refractivity contribution in [1.29, 1.82) is 0 Å². The van der Waals surface area contributed by atoms with Crippen molar-refractivity contribution in [2.45, 2.75) is 45.6 Å². The Bertz CT molecular complexity index is 344. The lowest BCUT2D eigenvalue weighted by atomic mass is 10.0. The van der Waals surface area contributed by atoms with Crippen LogP contribution in [0.5, 0.6) is 0 Å². The molecule has 4 nitrogen and oxygen atoms in total. The number of carbonyl (C=O) groups excluding carboxylic acids is 2. The van der Waals surface area contributed by atoms with Crippen molar-refractivity contribution in [1.82, 2.24) is 4.90 Å². The van der Waals surface area contributed by atoms with E-state index in [1.54, 1.807) is 0 Å². The first-order valence-corrected chi connectivity index (χ1v) is 6.51. The van der Waals surface area contributed by atoms with Crippen molar-refractivity contribution < 1.29 is 14.3 Å². The molecule has 0 aromatic rings. The van der Waals surface area contributed by atoms with E-state index >= 15 is 0 Å². The summed E-state index contributed by atoms with van der Waals surface area (Å²) in [5.74, 6) is 6.07. The predicted molar refractivity (Wildman–Crippen MR) is 68.9 cm³/mol. The normalized spacial score (nSPS) is 17.8. The Labute approximate surface area is 109 Å². The van der Waals surface area contributed by atoms with Gasteiger partial charge in [0, 0.05) is 32.9 Å². The first kappa shape index (κ1) is 14.7. The van der Waals surface area contributed by atoms with E-state index < -0.39 is 0 Å². The highest BCUT2D eigenvalue weighted by molar-refractivity contribution is 5.79. The number of hydrogen-bond donors (Lipinski definition) is 0. The Balaban J connectivity index is 2.48. The fraction of sp³-hybridized carbons (Fsp3) is 0.714. The second-order valence-corrected chi connectivity index (χ2v) is 4.48. The Morgan fingerprint density at radius 1 is 1.44 bits per heavy atom. The van der Waals surface area contributed by atoms with Crippen LogP contribution in [0.25, 0.3) is 0 Å². The van der Waals surface area contributed by atoms with E-state index in [-0.39, 0.29) is 18.6 Å². The highest BCUT2D eigenvalue weighted by Gasteiger charge is 2.21. The summed E-state index contributed by atoms with van der Waals surface area (Å²) in [6.07, 6.45) is 3.30. The van der Waals surface area contributed by atoms with Gasteiger partial charge in [0.25, 0.3) is 0 Å². The zero-order chi connectivity index (χ0) is 13.4. The molecule has 0 bridgehead atoms. The summed E-state index contributed by atoms with van der Waals surface area (Å²) in [5, 5.41) is 0. The molecule has 0 aromatic heterocycles. The fourth-order valence-corrected chi connectivity index (χ4v) is 2.00. The molecule has 0 radical (unpaired) electrons. The third-order valence-electron chi connectivity index (χ3n) is 2.97. The quantitative estimate of drug-likeness (QED) is 0.559. The van der Waals surface area contributed by atoms with Gasteiger partial charge in [0.15, 0.2) is 6.61 Å². The van der Waals surface area contributed by atoms with Crippen LogP contribution in [-0.2, 0) is 14.3 Å². The van der Waals surface area contributed by atoms with Crippen LogP contribution in [0, 0.1) is 11.8 Å². The van der Waals surface area contributed by atoms with Crippen molar-refractivity contribution >= 4 is 11.8 Å². The summed E-state index contributed by atoms with van der Waals surface area (Å²) in [6.45, 7) is 5.25. The number of carbonyl (C=O) groups is 2. The van der Waals surface area contributed by atoms with Crippen molar-refractivity contribution in [2.24, 2.45) is 0 Å². The number of ether oxygens (including phenoxy) is 1. The zero-order valence-electron chi connectivity index (χ0n) is 11.2. The van der Waals surface area contributed by atoms with E-state index in [0.717, 1.165) is 25.9 Å². The molecular formula is C14H21NO3. The molecule has 0 amide bonds. The number of esters is 1. The van der Waals surface area contributed by atoms with Crippen molar-refractivity contribution in [3.05, 3.63) is 0 Å². The number of Topliss-reactive ketones (excluding diaryl/α,β-unsaturated/α-hetero) is 1. The van der Waals surface area contributed by atoms with Crippen LogP contribution in [-0.4, -0.2) is 42.4 Å². The molecule has 100 valence electrons. The van der Waals surface area contributed by atoms with Gasteiger partial charge in [0.2, 0.25) is 0 Å². The van der Waals surface area contributed by atoms with Gasteiger partial charge in [-0.2, -0.15) is 0 Å². The van der Waals surface area contributed by atoms with Crippen LogP contribution >= 0.6 is 0 Å². The molecule has 0 saturated carbocycles. The largest absolute Gasteiger partial charge is 0.453 e. The van der Waals surface area contributed by atoms with Crippen LogP contribution in [0.2, 0.25) is 0 Å². The molecule has 4 heteroatoms. The third kappa shape index (κ3) is 5.33. The average molecular weight is 251 g/mol. The summed E-state index contributed by atoms with van der Waals surface area (Å²) in [4.78, 5) is 24.1. The summed E-state index contributed by atoms with van der Waals surface area (Å²) in [5.41, 5.74) is 0. The summed E-state index contributed by atoms with van der Waals surface area (Å²) >= 11 is 0. The molecule has 18 heavy (non-hydrogen) atoms. The molecule has 0 unspecified atom stereocenters. The minimum atomic E-state index is -0.306. The SMILES string of the molecule is CCC[C@@H](C#CCOC(C)=O)N1CCC(=O)CC1. The minimum Gasteiger partial charge on any atom is -0.453 e. The van der Waals surface area contributed by atoms with Crippen LogP contribution in [0.4, 0.5) is 0 Å². The molecule has 1 heterocycles. The topological polar surface area (TPSA) is 46.6 Å². The smallest absolute Gasteiger partial charge is 0.303 e. The minimum absolute atomic E-state index is 0.155. The van der Waals surface area contributed by atoms with Crippen LogP contribution < -0.4 is 0 Å². The second kappa shape index (κ2) is 7.88. The molecule has 0 aliphatic carbocycles. The van der Waals surface area contributed by atoms with Gasteiger partial charge < -0.3 is 4.74 Å². The van der Waals surface area contributed by atoms with Crippen molar-refractivity contribution in [2.75, 3.05) is 19.7 Å². The number of nitrogens with zero attached hydrogens (tertiary/aromatic N) is 1. The van der Waals surface area contributed by atoms with E-state index in [2.05, 4.69) is 23.7 Å². The first-order valence-electron chi connectivity index (χ1n) is 6.51. The monoisotopic (exact) mass is 251 g/mol. The van der Waals surface area contributed by atoms with Gasteiger partial charge in [0.05, 0.1) is 6.04 Å². The molecule has 1 aliphatic heterocycles. The van der Waals surface area contributed by atoms with Gasteiger partial charge in [-0.3, -0.25) is 14.5 Å². The van der Waals surface area contributed by atoms with E-state index in [1.807, 2.05) is 0 Å². The Morgan fingerprint density at radius 3 is 2.67 bits per heavy atom. The van der Waals surface area contributed by atoms with E-state index in [4.69, 9.17) is 4.74 Å². The molecule has 1 aliphatic rings. The van der Waals surface area contributed by atoms with E-state index in [0.29, 0.717) is 18.6 Å². The van der Waals surface area contributed by atoms with Crippen molar-refractivity contribution in [3.63, 3.8) is 0 Å². The Kier molecular flexibility index (Phi) is 6.45. The maximum absolute atomic E-state index is 11.2. The molecule has 0 aromatic carbocycles. The summed E-state index contributed by atoms with van der Waals surface area (Å²) in [6, 6.07) is 0.179. The lowest BCUT2D eigenvalue weighted by Crippen LogP contribution is -2.41. The third-order valence-corrected chi connectivity index (χ3v) is 2.97. The fourth-order valence-electron chi connectivity index (χ4n) is 2.00. The second-order valence-electron chi connectivity index (χ2n) is 4.48. The number of ketones is 1. The molecule has 1 rings (SSSR count). The number of rotatable bonds is 4. The summed E-state index contributed by atoms with van der Waals surface area (Å²) in [7, 11) is 0. The highest BCUT2D eigenvalue weighted by Crippen LogP contribution is 2.13. The molecular weight excluding hydrogens is 230 g/mol. The van der Waals surface area contributed by atoms with Crippen LogP contribution in [0.1, 0.15) is 39.5 Å². The Morgan fingerprint density at radius 2 is 2.11 bits per heavy atom. The van der Waals surface area contributed by atoms with E-state index in [9.17, 15) is 9.59 Å². The maximum Gasteiger partial charge on any atom is 0.303 e. The molecule has 1 atom stereocenters. The van der Waals surface area contributed by atoms with Gasteiger partial charge in [-0.1, -0.05) is 25.2 Å². The lowest BCUT2D eigenvalue weighted by molar-refractivity contribution is -0.139. The molecule has 0 spiro atoms. The van der Waals surface area contributed by atoms with Gasteiger partial charge >= 0.3 is 5.97 Å². The van der Waals surface area contributed by atoms with Gasteiger partial charge in [-0.15, -0.1) is 0 Å². The van der Waals surface area contributed by atoms with E-state index in [1.165, 1.54) is 6.92 Å². The Hall–Kier alpha value is -1.34. The van der Waals surface area contributed by atoms with Gasteiger partial charge in [-0.05, 0) is 6.42 Å². The first-order chi connectivity index (χ1) is 8.63. The zero-order valence-corrected chi connectivity index (χ0v) is 11.2. The molecule has 0 N–H and O–H groups in total. The number of hydrogen-bond acceptors (Lipinski definition) is 4. The predicted octanol–water partition coefficient (Wildman–Crippen LogP) is 1.39. The standard InChI is InChI=1S/C14H21NO3/c1-3-5-13(6-4-11-18-12(2)16)15-9-7-14(17)8-10-15/h13H,3,5,7-11H2,1-2H3/t13-/m0/s1. The van der Waals surface area contributed by atoms with Gasteiger partial charge in [-0.25, -0.2) is 0 Å². The van der Waals surface area contributed by atoms with Crippen LogP contribution in [0.15, 0.2) is 0 Å². The summed E-state index contributed by atoms with van der Waals surface area (Å²) < 4.78 is 4.79. The van der Waals surface area contributed by atoms with Crippen molar-refractivity contribution in [3.8, 4) is 11.8 Å². The molecule has 1 saturated heterocycles.